The molecule has 0 saturated heterocycles. The third-order valence-corrected chi connectivity index (χ3v) is 4.33. The molecule has 1 fully saturated rings. The van der Waals surface area contributed by atoms with E-state index < -0.39 is 0 Å². The SMILES string of the molecule is CCN(C(=O)c1ccc(Cl)cc1Cl)C1CCCCC1. The zero-order chi connectivity index (χ0) is 13.8. The highest BCUT2D eigenvalue weighted by atomic mass is 35.5. The standard InChI is InChI=1S/C15H19Cl2NO/c1-2-18(12-6-4-3-5-7-12)15(19)13-9-8-11(16)10-14(13)17/h8-10,12H,2-7H2,1H3. The molecule has 0 spiro atoms. The van der Waals surface area contributed by atoms with Crippen molar-refractivity contribution in [3.63, 3.8) is 0 Å². The van der Waals surface area contributed by atoms with Crippen LogP contribution in [0, 0.1) is 0 Å². The lowest BCUT2D eigenvalue weighted by molar-refractivity contribution is 0.0648. The van der Waals surface area contributed by atoms with E-state index >= 15 is 0 Å². The highest BCUT2D eigenvalue weighted by Gasteiger charge is 2.26. The van der Waals surface area contributed by atoms with Crippen LogP contribution >= 0.6 is 23.2 Å². The summed E-state index contributed by atoms with van der Waals surface area (Å²) < 4.78 is 0. The fraction of sp³-hybridized carbons (Fsp3) is 0.533. The Morgan fingerprint density at radius 3 is 2.53 bits per heavy atom. The third kappa shape index (κ3) is 3.43. The molecule has 0 aliphatic heterocycles. The van der Waals surface area contributed by atoms with Gasteiger partial charge in [-0.3, -0.25) is 4.79 Å². The van der Waals surface area contributed by atoms with Gasteiger partial charge in [-0.25, -0.2) is 0 Å². The number of hydrogen-bond acceptors (Lipinski definition) is 1. The summed E-state index contributed by atoms with van der Waals surface area (Å²) in [6.45, 7) is 2.75. The molecular formula is C15H19Cl2NO. The first-order valence-corrected chi connectivity index (χ1v) is 7.65. The Hall–Kier alpha value is -0.730. The van der Waals surface area contributed by atoms with Crippen molar-refractivity contribution < 1.29 is 4.79 Å². The van der Waals surface area contributed by atoms with Gasteiger partial charge in [0, 0.05) is 17.6 Å². The first-order chi connectivity index (χ1) is 9.13. The number of amides is 1. The Balaban J connectivity index is 2.19. The fourth-order valence-corrected chi connectivity index (χ4v) is 3.27. The summed E-state index contributed by atoms with van der Waals surface area (Å²) in [5.74, 6) is 0.0241. The molecule has 0 bridgehead atoms. The van der Waals surface area contributed by atoms with Gasteiger partial charge in [-0.2, -0.15) is 0 Å². The summed E-state index contributed by atoms with van der Waals surface area (Å²) in [6, 6.07) is 5.43. The molecule has 2 nitrogen and oxygen atoms in total. The number of rotatable bonds is 3. The van der Waals surface area contributed by atoms with Crippen LogP contribution in [0.3, 0.4) is 0 Å². The van der Waals surface area contributed by atoms with E-state index in [9.17, 15) is 4.79 Å². The van der Waals surface area contributed by atoms with Crippen molar-refractivity contribution in [2.45, 2.75) is 45.1 Å². The quantitative estimate of drug-likeness (QED) is 0.786. The van der Waals surface area contributed by atoms with Gasteiger partial charge in [-0.05, 0) is 38.0 Å². The minimum Gasteiger partial charge on any atom is -0.336 e. The first-order valence-electron chi connectivity index (χ1n) is 6.89. The normalized spacial score (nSPS) is 16.4. The minimum absolute atomic E-state index is 0.0241. The van der Waals surface area contributed by atoms with Crippen molar-refractivity contribution >= 4 is 29.1 Å². The van der Waals surface area contributed by atoms with Gasteiger partial charge < -0.3 is 4.90 Å². The van der Waals surface area contributed by atoms with Crippen molar-refractivity contribution in [2.24, 2.45) is 0 Å². The predicted octanol–water partition coefficient (Wildman–Crippen LogP) is 4.79. The molecule has 0 N–H and O–H groups in total. The summed E-state index contributed by atoms with van der Waals surface area (Å²) in [5.41, 5.74) is 0.554. The molecule has 2 rings (SSSR count). The Labute approximate surface area is 124 Å². The highest BCUT2D eigenvalue weighted by Crippen LogP contribution is 2.27. The van der Waals surface area contributed by atoms with Crippen LogP contribution in [0.4, 0.5) is 0 Å². The van der Waals surface area contributed by atoms with Crippen LogP contribution in [-0.2, 0) is 0 Å². The Bertz CT molecular complexity index is 455. The number of halogens is 2. The van der Waals surface area contributed by atoms with Gasteiger partial charge in [-0.15, -0.1) is 0 Å². The first kappa shape index (κ1) is 14.7. The van der Waals surface area contributed by atoms with Crippen LogP contribution in [0.1, 0.15) is 49.4 Å². The lowest BCUT2D eigenvalue weighted by Crippen LogP contribution is -2.41. The predicted molar refractivity (Wildman–Crippen MR) is 80.0 cm³/mol. The van der Waals surface area contributed by atoms with E-state index in [0.717, 1.165) is 19.4 Å². The van der Waals surface area contributed by atoms with E-state index in [0.29, 0.717) is 21.7 Å². The maximum Gasteiger partial charge on any atom is 0.255 e. The summed E-state index contributed by atoms with van der Waals surface area (Å²) in [7, 11) is 0. The molecule has 1 saturated carbocycles. The molecule has 19 heavy (non-hydrogen) atoms. The summed E-state index contributed by atoms with van der Waals surface area (Å²) in [4.78, 5) is 14.6. The molecular weight excluding hydrogens is 281 g/mol. The van der Waals surface area contributed by atoms with Crippen molar-refractivity contribution in [3.05, 3.63) is 33.8 Å². The van der Waals surface area contributed by atoms with Crippen LogP contribution in [0.15, 0.2) is 18.2 Å². The van der Waals surface area contributed by atoms with Gasteiger partial charge in [0.15, 0.2) is 0 Å². The Morgan fingerprint density at radius 1 is 1.26 bits per heavy atom. The van der Waals surface area contributed by atoms with E-state index in [1.54, 1.807) is 18.2 Å². The molecule has 1 amide bonds. The number of carbonyl (C=O) groups is 1. The highest BCUT2D eigenvalue weighted by molar-refractivity contribution is 6.36. The molecule has 0 aromatic heterocycles. The van der Waals surface area contributed by atoms with E-state index in [1.807, 2.05) is 11.8 Å². The minimum atomic E-state index is 0.0241. The topological polar surface area (TPSA) is 20.3 Å². The zero-order valence-corrected chi connectivity index (χ0v) is 12.7. The molecule has 0 unspecified atom stereocenters. The molecule has 0 atom stereocenters. The van der Waals surface area contributed by atoms with E-state index in [4.69, 9.17) is 23.2 Å². The smallest absolute Gasteiger partial charge is 0.255 e. The number of hydrogen-bond donors (Lipinski definition) is 0. The van der Waals surface area contributed by atoms with Crippen molar-refractivity contribution in [1.82, 2.24) is 4.90 Å². The Kier molecular flexibility index (Phi) is 5.12. The fourth-order valence-electron chi connectivity index (χ4n) is 2.78. The van der Waals surface area contributed by atoms with Crippen LogP contribution in [0.25, 0.3) is 0 Å². The average molecular weight is 300 g/mol. The van der Waals surface area contributed by atoms with E-state index in [1.165, 1.54) is 19.3 Å². The Morgan fingerprint density at radius 2 is 1.95 bits per heavy atom. The molecule has 4 heteroatoms. The lowest BCUT2D eigenvalue weighted by Gasteiger charge is -2.33. The van der Waals surface area contributed by atoms with E-state index in [-0.39, 0.29) is 5.91 Å². The summed E-state index contributed by atoms with van der Waals surface area (Å²) in [5, 5.41) is 0.994. The second-order valence-corrected chi connectivity index (χ2v) is 5.85. The number of benzene rings is 1. The molecule has 0 heterocycles. The van der Waals surface area contributed by atoms with Crippen molar-refractivity contribution in [1.29, 1.82) is 0 Å². The van der Waals surface area contributed by atoms with Crippen LogP contribution in [-0.4, -0.2) is 23.4 Å². The van der Waals surface area contributed by atoms with E-state index in [2.05, 4.69) is 0 Å². The molecule has 104 valence electrons. The molecule has 0 radical (unpaired) electrons. The molecule has 1 aromatic rings. The zero-order valence-electron chi connectivity index (χ0n) is 11.2. The molecule has 1 aliphatic rings. The van der Waals surface area contributed by atoms with Gasteiger partial charge in [0.05, 0.1) is 10.6 Å². The van der Waals surface area contributed by atoms with Crippen molar-refractivity contribution in [2.75, 3.05) is 6.54 Å². The maximum absolute atomic E-state index is 12.6. The second kappa shape index (κ2) is 6.62. The monoisotopic (exact) mass is 299 g/mol. The molecule has 1 aliphatic carbocycles. The van der Waals surface area contributed by atoms with Gasteiger partial charge in [-0.1, -0.05) is 42.5 Å². The van der Waals surface area contributed by atoms with Gasteiger partial charge in [0.1, 0.15) is 0 Å². The maximum atomic E-state index is 12.6. The van der Waals surface area contributed by atoms with Gasteiger partial charge in [0.25, 0.3) is 5.91 Å². The third-order valence-electron chi connectivity index (χ3n) is 3.78. The van der Waals surface area contributed by atoms with Crippen LogP contribution in [0.2, 0.25) is 10.0 Å². The number of nitrogens with zero attached hydrogens (tertiary/aromatic N) is 1. The largest absolute Gasteiger partial charge is 0.336 e. The summed E-state index contributed by atoms with van der Waals surface area (Å²) in [6.07, 6.45) is 5.91. The van der Waals surface area contributed by atoms with Gasteiger partial charge in [0.2, 0.25) is 0 Å². The number of carbonyl (C=O) groups excluding carboxylic acids is 1. The second-order valence-electron chi connectivity index (χ2n) is 5.01. The molecule has 1 aromatic carbocycles. The van der Waals surface area contributed by atoms with Crippen molar-refractivity contribution in [3.8, 4) is 0 Å². The van der Waals surface area contributed by atoms with Gasteiger partial charge >= 0.3 is 0 Å². The van der Waals surface area contributed by atoms with Crippen LogP contribution in [0.5, 0.6) is 0 Å². The lowest BCUT2D eigenvalue weighted by atomic mass is 9.93. The summed E-state index contributed by atoms with van der Waals surface area (Å²) >= 11 is 12.0. The van der Waals surface area contributed by atoms with Crippen LogP contribution < -0.4 is 0 Å². The average Bonchev–Trinajstić information content (AvgIpc) is 2.40.